The second-order valence-corrected chi connectivity index (χ2v) is 9.64. The Morgan fingerprint density at radius 2 is 1.44 bits per heavy atom. The van der Waals surface area contributed by atoms with Gasteiger partial charge in [0.15, 0.2) is 0 Å². The van der Waals surface area contributed by atoms with Crippen molar-refractivity contribution in [3.8, 4) is 0 Å². The van der Waals surface area contributed by atoms with Gasteiger partial charge in [0.05, 0.1) is 5.52 Å². The number of para-hydroxylation sites is 1. The second kappa shape index (κ2) is 11.3. The molecule has 1 aliphatic rings. The molecule has 8 nitrogen and oxygen atoms in total. The van der Waals surface area contributed by atoms with Crippen LogP contribution in [0.5, 0.6) is 0 Å². The monoisotopic (exact) mass is 515 g/mol. The van der Waals surface area contributed by atoms with Gasteiger partial charge in [-0.1, -0.05) is 60.7 Å². The third kappa shape index (κ3) is 5.85. The van der Waals surface area contributed by atoms with Crippen LogP contribution < -0.4 is 10.2 Å². The molecule has 5 aromatic rings. The van der Waals surface area contributed by atoms with Crippen molar-refractivity contribution in [2.75, 3.05) is 36.4 Å². The molecule has 0 bridgehead atoms. The zero-order valence-corrected chi connectivity index (χ0v) is 21.6. The van der Waals surface area contributed by atoms with E-state index in [0.29, 0.717) is 50.2 Å². The highest BCUT2D eigenvalue weighted by Crippen LogP contribution is 2.16. The Morgan fingerprint density at radius 3 is 2.21 bits per heavy atom. The normalized spacial score (nSPS) is 13.4. The first kappa shape index (κ1) is 24.5. The highest BCUT2D eigenvalue weighted by Gasteiger charge is 2.23. The SMILES string of the molecule is O=C(c1ccc(CNc2ncc3ccccc3n2)cc1)N1CCN(c2ncc(Cc3ccccc3)cn2)CC1. The van der Waals surface area contributed by atoms with Crippen LogP contribution in [0.3, 0.4) is 0 Å². The number of hydrogen-bond acceptors (Lipinski definition) is 7. The molecule has 0 spiro atoms. The minimum absolute atomic E-state index is 0.0474. The summed E-state index contributed by atoms with van der Waals surface area (Å²) < 4.78 is 0. The average Bonchev–Trinajstić information content (AvgIpc) is 3.01. The molecular formula is C31H29N7O. The van der Waals surface area contributed by atoms with Gasteiger partial charge in [0, 0.05) is 68.7 Å². The number of benzene rings is 3. The van der Waals surface area contributed by atoms with E-state index < -0.39 is 0 Å². The van der Waals surface area contributed by atoms with Crippen LogP contribution >= 0.6 is 0 Å². The van der Waals surface area contributed by atoms with E-state index in [1.54, 1.807) is 0 Å². The first-order valence-corrected chi connectivity index (χ1v) is 13.1. The lowest BCUT2D eigenvalue weighted by Gasteiger charge is -2.34. The third-order valence-electron chi connectivity index (χ3n) is 6.93. The van der Waals surface area contributed by atoms with Gasteiger partial charge in [0.1, 0.15) is 0 Å². The van der Waals surface area contributed by atoms with Gasteiger partial charge in [-0.2, -0.15) is 0 Å². The molecule has 2 aromatic heterocycles. The summed E-state index contributed by atoms with van der Waals surface area (Å²) in [6.07, 6.45) is 6.43. The highest BCUT2D eigenvalue weighted by molar-refractivity contribution is 5.94. The number of anilines is 2. The fourth-order valence-electron chi connectivity index (χ4n) is 4.73. The second-order valence-electron chi connectivity index (χ2n) is 9.64. The highest BCUT2D eigenvalue weighted by atomic mass is 16.2. The summed E-state index contributed by atoms with van der Waals surface area (Å²) in [4.78, 5) is 35.3. The van der Waals surface area contributed by atoms with Crippen molar-refractivity contribution in [1.82, 2.24) is 24.8 Å². The fraction of sp³-hybridized carbons (Fsp3) is 0.194. The summed E-state index contributed by atoms with van der Waals surface area (Å²) in [5.41, 5.74) is 4.98. The number of nitrogens with one attached hydrogen (secondary N) is 1. The number of aromatic nitrogens is 4. The van der Waals surface area contributed by atoms with E-state index in [1.165, 1.54) is 5.56 Å². The minimum atomic E-state index is 0.0474. The average molecular weight is 516 g/mol. The molecule has 1 fully saturated rings. The van der Waals surface area contributed by atoms with E-state index in [4.69, 9.17) is 0 Å². The molecule has 3 aromatic carbocycles. The van der Waals surface area contributed by atoms with Crippen molar-refractivity contribution >= 4 is 28.7 Å². The van der Waals surface area contributed by atoms with E-state index in [-0.39, 0.29) is 5.91 Å². The third-order valence-corrected chi connectivity index (χ3v) is 6.93. The van der Waals surface area contributed by atoms with Crippen LogP contribution in [0.25, 0.3) is 10.9 Å². The number of amides is 1. The van der Waals surface area contributed by atoms with Crippen LogP contribution in [-0.4, -0.2) is 56.9 Å². The zero-order valence-electron chi connectivity index (χ0n) is 21.6. The summed E-state index contributed by atoms with van der Waals surface area (Å²) in [5, 5.41) is 4.28. The number of piperazine rings is 1. The molecule has 194 valence electrons. The Kier molecular flexibility index (Phi) is 7.07. The fourth-order valence-corrected chi connectivity index (χ4v) is 4.73. The molecule has 0 unspecified atom stereocenters. The van der Waals surface area contributed by atoms with Crippen molar-refractivity contribution in [1.29, 1.82) is 0 Å². The van der Waals surface area contributed by atoms with E-state index in [2.05, 4.69) is 42.3 Å². The van der Waals surface area contributed by atoms with Crippen LogP contribution in [0, 0.1) is 0 Å². The maximum absolute atomic E-state index is 13.1. The number of nitrogens with zero attached hydrogens (tertiary/aromatic N) is 6. The maximum Gasteiger partial charge on any atom is 0.253 e. The predicted octanol–water partition coefficient (Wildman–Crippen LogP) is 4.59. The molecule has 0 aliphatic carbocycles. The molecular weight excluding hydrogens is 486 g/mol. The smallest absolute Gasteiger partial charge is 0.253 e. The molecule has 1 amide bonds. The molecule has 3 heterocycles. The van der Waals surface area contributed by atoms with E-state index in [0.717, 1.165) is 28.5 Å². The summed E-state index contributed by atoms with van der Waals surface area (Å²) in [6, 6.07) is 25.9. The molecule has 8 heteroatoms. The predicted molar refractivity (Wildman–Crippen MR) is 153 cm³/mol. The van der Waals surface area contributed by atoms with Crippen molar-refractivity contribution in [3.63, 3.8) is 0 Å². The van der Waals surface area contributed by atoms with Gasteiger partial charge >= 0.3 is 0 Å². The van der Waals surface area contributed by atoms with Gasteiger partial charge in [-0.25, -0.2) is 19.9 Å². The van der Waals surface area contributed by atoms with Crippen molar-refractivity contribution < 1.29 is 4.79 Å². The summed E-state index contributed by atoms with van der Waals surface area (Å²) in [5.74, 6) is 1.35. The topological polar surface area (TPSA) is 87.1 Å². The van der Waals surface area contributed by atoms with Crippen LogP contribution in [0.1, 0.15) is 27.0 Å². The maximum atomic E-state index is 13.1. The van der Waals surface area contributed by atoms with Crippen LogP contribution in [0.15, 0.2) is 97.5 Å². The van der Waals surface area contributed by atoms with Gasteiger partial charge in [-0.05, 0) is 34.9 Å². The molecule has 0 atom stereocenters. The van der Waals surface area contributed by atoms with Gasteiger partial charge in [-0.3, -0.25) is 4.79 Å². The lowest BCUT2D eigenvalue weighted by Crippen LogP contribution is -2.49. The first-order chi connectivity index (χ1) is 19.2. The molecule has 1 N–H and O–H groups in total. The van der Waals surface area contributed by atoms with Crippen molar-refractivity contribution in [2.24, 2.45) is 0 Å². The molecule has 39 heavy (non-hydrogen) atoms. The quantitative estimate of drug-likeness (QED) is 0.339. The van der Waals surface area contributed by atoms with Gasteiger partial charge in [0.25, 0.3) is 5.91 Å². The Labute approximate surface area is 227 Å². The van der Waals surface area contributed by atoms with Crippen molar-refractivity contribution in [2.45, 2.75) is 13.0 Å². The van der Waals surface area contributed by atoms with Gasteiger partial charge < -0.3 is 15.1 Å². The van der Waals surface area contributed by atoms with E-state index in [9.17, 15) is 4.79 Å². The van der Waals surface area contributed by atoms with Gasteiger partial charge in [0.2, 0.25) is 11.9 Å². The Hall–Kier alpha value is -4.85. The summed E-state index contributed by atoms with van der Waals surface area (Å²) in [7, 11) is 0. The number of rotatable bonds is 7. The molecule has 0 saturated carbocycles. The zero-order chi connectivity index (χ0) is 26.4. The number of fused-ring (bicyclic) bond motifs is 1. The molecule has 6 rings (SSSR count). The Bertz CT molecular complexity index is 1550. The largest absolute Gasteiger partial charge is 0.350 e. The summed E-state index contributed by atoms with van der Waals surface area (Å²) >= 11 is 0. The van der Waals surface area contributed by atoms with E-state index in [1.807, 2.05) is 90.2 Å². The Morgan fingerprint density at radius 1 is 0.718 bits per heavy atom. The number of carbonyl (C=O) groups excluding carboxylic acids is 1. The van der Waals surface area contributed by atoms with Crippen LogP contribution in [0.4, 0.5) is 11.9 Å². The first-order valence-electron chi connectivity index (χ1n) is 13.1. The Balaban J connectivity index is 1.00. The van der Waals surface area contributed by atoms with Crippen LogP contribution in [0.2, 0.25) is 0 Å². The lowest BCUT2D eigenvalue weighted by atomic mass is 10.1. The standard InChI is InChI=1S/C31H29N7O/c39-29(26-12-10-24(11-13-26)19-32-30-33-22-27-8-4-5-9-28(27)36-30)37-14-16-38(17-15-37)31-34-20-25(21-35-31)18-23-6-2-1-3-7-23/h1-13,20-22H,14-19H2,(H,32,33,36). The molecule has 0 radical (unpaired) electrons. The molecule has 1 saturated heterocycles. The van der Waals surface area contributed by atoms with Crippen LogP contribution in [-0.2, 0) is 13.0 Å². The lowest BCUT2D eigenvalue weighted by molar-refractivity contribution is 0.0746. The molecule has 1 aliphatic heterocycles. The van der Waals surface area contributed by atoms with Gasteiger partial charge in [-0.15, -0.1) is 0 Å². The number of hydrogen-bond donors (Lipinski definition) is 1. The van der Waals surface area contributed by atoms with Crippen molar-refractivity contribution in [3.05, 3.63) is 120 Å². The number of carbonyl (C=O) groups is 1. The van der Waals surface area contributed by atoms with E-state index >= 15 is 0 Å². The summed E-state index contributed by atoms with van der Waals surface area (Å²) in [6.45, 7) is 3.26. The minimum Gasteiger partial charge on any atom is -0.350 e.